The Kier molecular flexibility index (Phi) is 1.48. The molecule has 2 aromatic rings. The summed E-state index contributed by atoms with van der Waals surface area (Å²) in [4.78, 5) is 0. The third-order valence-electron chi connectivity index (χ3n) is 4.42. The number of nitrogens with two attached hydrogens (primary N) is 1. The van der Waals surface area contributed by atoms with Crippen LogP contribution >= 0.6 is 0 Å². The zero-order valence-corrected chi connectivity index (χ0v) is 9.37. The van der Waals surface area contributed by atoms with E-state index in [1.165, 1.54) is 41.3 Å². The lowest BCUT2D eigenvalue weighted by atomic mass is 9.94. The monoisotopic (exact) mass is 212 g/mol. The maximum Gasteiger partial charge on any atom is 0.0516 e. The fourth-order valence-corrected chi connectivity index (χ4v) is 3.21. The van der Waals surface area contributed by atoms with Crippen LogP contribution in [-0.2, 0) is 18.4 Å². The zero-order chi connectivity index (χ0) is 10.8. The van der Waals surface area contributed by atoms with E-state index in [1.807, 2.05) is 0 Å². The number of rotatable bonds is 2. The van der Waals surface area contributed by atoms with Gasteiger partial charge < -0.3 is 10.3 Å². The van der Waals surface area contributed by atoms with Gasteiger partial charge in [0.05, 0.1) is 5.52 Å². The summed E-state index contributed by atoms with van der Waals surface area (Å²) in [6.45, 7) is 1.95. The van der Waals surface area contributed by atoms with Crippen LogP contribution in [0.3, 0.4) is 0 Å². The highest BCUT2D eigenvalue weighted by atomic mass is 15.0. The number of nitrogens with zero attached hydrogens (tertiary/aromatic N) is 1. The number of hydrogen-bond acceptors (Lipinski definition) is 1. The number of aromatic nitrogens is 1. The molecule has 2 N–H and O–H groups in total. The maximum absolute atomic E-state index is 5.95. The lowest BCUT2D eigenvalue weighted by molar-refractivity contribution is 0.695. The normalized spacial score (nSPS) is 20.6. The zero-order valence-electron chi connectivity index (χ0n) is 9.37. The van der Waals surface area contributed by atoms with Gasteiger partial charge in [-0.25, -0.2) is 0 Å². The molecule has 16 heavy (non-hydrogen) atoms. The fourth-order valence-electron chi connectivity index (χ4n) is 3.21. The molecule has 1 aliphatic carbocycles. The molecule has 82 valence electrons. The van der Waals surface area contributed by atoms with E-state index in [9.17, 15) is 0 Å². The third kappa shape index (κ3) is 0.914. The molecule has 0 amide bonds. The van der Waals surface area contributed by atoms with Gasteiger partial charge in [0.25, 0.3) is 0 Å². The van der Waals surface area contributed by atoms with Gasteiger partial charge in [-0.1, -0.05) is 18.2 Å². The Morgan fingerprint density at radius 1 is 1.31 bits per heavy atom. The molecule has 1 aromatic heterocycles. The van der Waals surface area contributed by atoms with E-state index in [-0.39, 0.29) is 0 Å². The number of aryl methyl sites for hydroxylation is 2. The van der Waals surface area contributed by atoms with Crippen LogP contribution in [0, 0.1) is 0 Å². The molecule has 2 heterocycles. The quantitative estimate of drug-likeness (QED) is 0.812. The number of benzene rings is 1. The van der Waals surface area contributed by atoms with Crippen LogP contribution in [0.15, 0.2) is 24.4 Å². The summed E-state index contributed by atoms with van der Waals surface area (Å²) in [6, 6.07) is 6.73. The van der Waals surface area contributed by atoms with E-state index >= 15 is 0 Å². The van der Waals surface area contributed by atoms with Gasteiger partial charge in [0.2, 0.25) is 0 Å². The van der Waals surface area contributed by atoms with Crippen LogP contribution in [0.25, 0.3) is 10.9 Å². The Labute approximate surface area is 95.1 Å². The molecule has 0 spiro atoms. The third-order valence-corrected chi connectivity index (χ3v) is 4.42. The summed E-state index contributed by atoms with van der Waals surface area (Å²) >= 11 is 0. The van der Waals surface area contributed by atoms with Crippen molar-refractivity contribution in [2.75, 3.05) is 6.54 Å². The van der Waals surface area contributed by atoms with Crippen molar-refractivity contribution >= 4 is 10.9 Å². The first kappa shape index (κ1) is 8.82. The highest BCUT2D eigenvalue weighted by molar-refractivity contribution is 5.89. The van der Waals surface area contributed by atoms with Crippen molar-refractivity contribution < 1.29 is 0 Å². The second kappa shape index (κ2) is 2.69. The van der Waals surface area contributed by atoms with Crippen molar-refractivity contribution in [3.05, 3.63) is 35.5 Å². The molecule has 1 fully saturated rings. The Balaban J connectivity index is 2.05. The van der Waals surface area contributed by atoms with Crippen LogP contribution in [0.2, 0.25) is 0 Å². The predicted molar refractivity (Wildman–Crippen MR) is 65.6 cm³/mol. The standard InChI is InChI=1S/C14H16N2/c15-9-14(5-6-14)12-8-16-7-4-10-2-1-3-11(12)13(10)16/h1-3,8H,4-7,9,15H2. The first-order valence-electron chi connectivity index (χ1n) is 6.15. The van der Waals surface area contributed by atoms with Crippen molar-refractivity contribution in [3.63, 3.8) is 0 Å². The number of hydrogen-bond donors (Lipinski definition) is 1. The van der Waals surface area contributed by atoms with E-state index in [0.717, 1.165) is 13.1 Å². The Hall–Kier alpha value is -1.28. The van der Waals surface area contributed by atoms with Gasteiger partial charge in [0.1, 0.15) is 0 Å². The minimum atomic E-state index is 0.319. The Morgan fingerprint density at radius 2 is 2.19 bits per heavy atom. The maximum atomic E-state index is 5.95. The second-order valence-electron chi connectivity index (χ2n) is 5.28. The summed E-state index contributed by atoms with van der Waals surface area (Å²) in [7, 11) is 0. The molecule has 1 aliphatic heterocycles. The van der Waals surface area contributed by atoms with Crippen molar-refractivity contribution in [1.29, 1.82) is 0 Å². The lowest BCUT2D eigenvalue weighted by Crippen LogP contribution is -2.19. The van der Waals surface area contributed by atoms with E-state index in [0.29, 0.717) is 5.41 Å². The van der Waals surface area contributed by atoms with Crippen molar-refractivity contribution in [1.82, 2.24) is 4.57 Å². The summed E-state index contributed by atoms with van der Waals surface area (Å²) in [5.74, 6) is 0. The molecule has 4 rings (SSSR count). The van der Waals surface area contributed by atoms with Crippen LogP contribution in [0.5, 0.6) is 0 Å². The molecule has 0 radical (unpaired) electrons. The molecular weight excluding hydrogens is 196 g/mol. The first-order chi connectivity index (χ1) is 7.84. The van der Waals surface area contributed by atoms with E-state index in [1.54, 1.807) is 0 Å². The van der Waals surface area contributed by atoms with E-state index < -0.39 is 0 Å². The second-order valence-corrected chi connectivity index (χ2v) is 5.28. The fraction of sp³-hybridized carbons (Fsp3) is 0.429. The predicted octanol–water partition coefficient (Wildman–Crippen LogP) is 2.19. The van der Waals surface area contributed by atoms with Crippen molar-refractivity contribution in [3.8, 4) is 0 Å². The molecule has 0 bridgehead atoms. The summed E-state index contributed by atoms with van der Waals surface area (Å²) in [5.41, 5.74) is 10.8. The topological polar surface area (TPSA) is 30.9 Å². The Morgan fingerprint density at radius 3 is 2.94 bits per heavy atom. The van der Waals surface area contributed by atoms with Crippen LogP contribution < -0.4 is 5.73 Å². The van der Waals surface area contributed by atoms with Gasteiger partial charge in [-0.2, -0.15) is 0 Å². The molecule has 2 heteroatoms. The van der Waals surface area contributed by atoms with Gasteiger partial charge in [0.15, 0.2) is 0 Å². The van der Waals surface area contributed by atoms with E-state index in [2.05, 4.69) is 29.0 Å². The molecular formula is C14H16N2. The average molecular weight is 212 g/mol. The molecule has 0 atom stereocenters. The van der Waals surface area contributed by atoms with E-state index in [4.69, 9.17) is 5.73 Å². The Bertz CT molecular complexity index is 576. The first-order valence-corrected chi connectivity index (χ1v) is 6.15. The van der Waals surface area contributed by atoms with Crippen LogP contribution in [0.1, 0.15) is 24.0 Å². The highest BCUT2D eigenvalue weighted by Gasteiger charge is 2.45. The number of para-hydroxylation sites is 1. The average Bonchev–Trinajstić information content (AvgIpc) is 2.87. The van der Waals surface area contributed by atoms with Gasteiger partial charge >= 0.3 is 0 Å². The summed E-state index contributed by atoms with van der Waals surface area (Å²) in [6.07, 6.45) is 6.10. The van der Waals surface area contributed by atoms with Crippen molar-refractivity contribution in [2.24, 2.45) is 5.73 Å². The lowest BCUT2D eigenvalue weighted by Gasteiger charge is -2.11. The smallest absolute Gasteiger partial charge is 0.0516 e. The molecule has 0 unspecified atom stereocenters. The largest absolute Gasteiger partial charge is 0.347 e. The minimum Gasteiger partial charge on any atom is -0.347 e. The van der Waals surface area contributed by atoms with Crippen LogP contribution in [0.4, 0.5) is 0 Å². The van der Waals surface area contributed by atoms with Gasteiger partial charge in [0, 0.05) is 30.1 Å². The molecule has 1 saturated carbocycles. The van der Waals surface area contributed by atoms with Gasteiger partial charge in [-0.3, -0.25) is 0 Å². The molecule has 1 aromatic carbocycles. The highest BCUT2D eigenvalue weighted by Crippen LogP contribution is 2.50. The van der Waals surface area contributed by atoms with Crippen LogP contribution in [-0.4, -0.2) is 11.1 Å². The van der Waals surface area contributed by atoms with Crippen molar-refractivity contribution in [2.45, 2.75) is 31.2 Å². The molecule has 2 aliphatic rings. The summed E-state index contributed by atoms with van der Waals surface area (Å²) < 4.78 is 2.43. The molecule has 2 nitrogen and oxygen atoms in total. The van der Waals surface area contributed by atoms with Gasteiger partial charge in [-0.15, -0.1) is 0 Å². The SMILES string of the molecule is NCC1(c2cn3c4c(cccc24)CC3)CC1. The van der Waals surface area contributed by atoms with Gasteiger partial charge in [-0.05, 0) is 30.4 Å². The summed E-state index contributed by atoms with van der Waals surface area (Å²) in [5, 5.41) is 1.46. The minimum absolute atomic E-state index is 0.319. The molecule has 0 saturated heterocycles.